The minimum absolute atomic E-state index is 1.02. The van der Waals surface area contributed by atoms with E-state index >= 15 is 0 Å². The van der Waals surface area contributed by atoms with Crippen molar-refractivity contribution in [3.8, 4) is 0 Å². The number of pyridine rings is 1. The van der Waals surface area contributed by atoms with Crippen LogP contribution in [0, 0.1) is 0 Å². The lowest BCUT2D eigenvalue weighted by Gasteiger charge is -1.94. The molecule has 2 heterocycles. The maximum Gasteiger partial charge on any atom is 0.0696 e. The van der Waals surface area contributed by atoms with E-state index in [0.29, 0.717) is 0 Å². The van der Waals surface area contributed by atoms with Crippen LogP contribution in [0.25, 0.3) is 5.52 Å². The maximum absolute atomic E-state index is 4.52. The van der Waals surface area contributed by atoms with E-state index in [1.54, 1.807) is 0 Å². The summed E-state index contributed by atoms with van der Waals surface area (Å²) in [5, 5.41) is 4.52. The standard InChI is InChI=1S/C11H14N2/c1-3-9-10(4-2)12-13-8-6-5-7-11(9)13/h5-8H,3-4H2,1-2H3. The van der Waals surface area contributed by atoms with Gasteiger partial charge in [0.1, 0.15) is 0 Å². The molecule has 0 radical (unpaired) electrons. The summed E-state index contributed by atoms with van der Waals surface area (Å²) in [5.41, 5.74) is 3.87. The largest absolute Gasteiger partial charge is 0.240 e. The quantitative estimate of drug-likeness (QED) is 0.683. The Kier molecular flexibility index (Phi) is 2.05. The van der Waals surface area contributed by atoms with Gasteiger partial charge in [-0.1, -0.05) is 19.9 Å². The predicted octanol–water partition coefficient (Wildman–Crippen LogP) is 2.46. The second-order valence-corrected chi connectivity index (χ2v) is 3.16. The average Bonchev–Trinajstić information content (AvgIpc) is 2.55. The fourth-order valence-electron chi connectivity index (χ4n) is 1.77. The van der Waals surface area contributed by atoms with E-state index in [1.165, 1.54) is 16.8 Å². The molecule has 0 N–H and O–H groups in total. The van der Waals surface area contributed by atoms with Gasteiger partial charge in [-0.05, 0) is 25.0 Å². The molecule has 2 aromatic heterocycles. The highest BCUT2D eigenvalue weighted by atomic mass is 15.2. The van der Waals surface area contributed by atoms with E-state index in [4.69, 9.17) is 0 Å². The van der Waals surface area contributed by atoms with Crippen molar-refractivity contribution in [2.24, 2.45) is 0 Å². The first-order chi connectivity index (χ1) is 6.36. The van der Waals surface area contributed by atoms with Gasteiger partial charge < -0.3 is 0 Å². The molecule has 0 aromatic carbocycles. The molecule has 0 aliphatic heterocycles. The van der Waals surface area contributed by atoms with E-state index < -0.39 is 0 Å². The van der Waals surface area contributed by atoms with Crippen molar-refractivity contribution in [2.75, 3.05) is 0 Å². The Hall–Kier alpha value is -1.31. The summed E-state index contributed by atoms with van der Waals surface area (Å²) >= 11 is 0. The monoisotopic (exact) mass is 174 g/mol. The van der Waals surface area contributed by atoms with Crippen LogP contribution in [0.15, 0.2) is 24.4 Å². The van der Waals surface area contributed by atoms with E-state index in [2.05, 4.69) is 31.1 Å². The summed E-state index contributed by atoms with van der Waals surface area (Å²) in [6, 6.07) is 6.21. The number of nitrogens with zero attached hydrogens (tertiary/aromatic N) is 2. The Morgan fingerprint density at radius 1 is 1.23 bits per heavy atom. The van der Waals surface area contributed by atoms with E-state index in [1.807, 2.05) is 16.8 Å². The SMILES string of the molecule is CCc1nn2ccccc2c1CC. The maximum atomic E-state index is 4.52. The zero-order valence-corrected chi connectivity index (χ0v) is 8.12. The van der Waals surface area contributed by atoms with Crippen molar-refractivity contribution < 1.29 is 0 Å². The van der Waals surface area contributed by atoms with Gasteiger partial charge in [-0.25, -0.2) is 4.52 Å². The molecule has 0 fully saturated rings. The number of rotatable bonds is 2. The first kappa shape index (κ1) is 8.30. The minimum atomic E-state index is 1.02. The molecule has 2 rings (SSSR count). The smallest absolute Gasteiger partial charge is 0.0696 e. The predicted molar refractivity (Wildman–Crippen MR) is 53.9 cm³/mol. The van der Waals surface area contributed by atoms with Gasteiger partial charge in [0.25, 0.3) is 0 Å². The normalized spacial score (nSPS) is 10.9. The van der Waals surface area contributed by atoms with Crippen molar-refractivity contribution in [2.45, 2.75) is 26.7 Å². The molecule has 2 heteroatoms. The Morgan fingerprint density at radius 3 is 2.77 bits per heavy atom. The first-order valence-corrected chi connectivity index (χ1v) is 4.82. The molecule has 13 heavy (non-hydrogen) atoms. The molecule has 0 amide bonds. The minimum Gasteiger partial charge on any atom is -0.240 e. The Bertz CT molecular complexity index is 415. The van der Waals surface area contributed by atoms with Crippen LogP contribution >= 0.6 is 0 Å². The zero-order valence-electron chi connectivity index (χ0n) is 8.12. The van der Waals surface area contributed by atoms with Crippen molar-refractivity contribution in [3.05, 3.63) is 35.7 Å². The summed E-state index contributed by atoms with van der Waals surface area (Å²) < 4.78 is 1.97. The summed E-state index contributed by atoms with van der Waals surface area (Å²) in [6.07, 6.45) is 4.09. The highest BCUT2D eigenvalue weighted by molar-refractivity contribution is 5.56. The van der Waals surface area contributed by atoms with Crippen LogP contribution < -0.4 is 0 Å². The third kappa shape index (κ3) is 1.22. The van der Waals surface area contributed by atoms with Gasteiger partial charge in [0, 0.05) is 11.8 Å². The third-order valence-electron chi connectivity index (χ3n) is 2.41. The second-order valence-electron chi connectivity index (χ2n) is 3.16. The number of aryl methyl sites for hydroxylation is 2. The van der Waals surface area contributed by atoms with Gasteiger partial charge in [-0.2, -0.15) is 5.10 Å². The summed E-state index contributed by atoms with van der Waals surface area (Å²) in [6.45, 7) is 4.34. The fourth-order valence-corrected chi connectivity index (χ4v) is 1.77. The van der Waals surface area contributed by atoms with Crippen LogP contribution in [0.1, 0.15) is 25.1 Å². The van der Waals surface area contributed by atoms with Crippen LogP contribution in [0.2, 0.25) is 0 Å². The third-order valence-corrected chi connectivity index (χ3v) is 2.41. The first-order valence-electron chi connectivity index (χ1n) is 4.82. The van der Waals surface area contributed by atoms with Crippen LogP contribution in [0.5, 0.6) is 0 Å². The van der Waals surface area contributed by atoms with Gasteiger partial charge >= 0.3 is 0 Å². The molecule has 0 spiro atoms. The zero-order chi connectivity index (χ0) is 9.26. The molecular weight excluding hydrogens is 160 g/mol. The van der Waals surface area contributed by atoms with Gasteiger partial charge in [-0.3, -0.25) is 0 Å². The van der Waals surface area contributed by atoms with Crippen molar-refractivity contribution in [1.29, 1.82) is 0 Å². The number of hydrogen-bond donors (Lipinski definition) is 0. The van der Waals surface area contributed by atoms with Gasteiger partial charge in [-0.15, -0.1) is 0 Å². The summed E-state index contributed by atoms with van der Waals surface area (Å²) in [7, 11) is 0. The summed E-state index contributed by atoms with van der Waals surface area (Å²) in [4.78, 5) is 0. The lowest BCUT2D eigenvalue weighted by molar-refractivity contribution is 0.891. The van der Waals surface area contributed by atoms with E-state index in [0.717, 1.165) is 12.8 Å². The average molecular weight is 174 g/mol. The topological polar surface area (TPSA) is 17.3 Å². The molecule has 0 aliphatic carbocycles. The Labute approximate surface area is 78.2 Å². The highest BCUT2D eigenvalue weighted by Crippen LogP contribution is 2.16. The van der Waals surface area contributed by atoms with Crippen LogP contribution in [0.3, 0.4) is 0 Å². The number of hydrogen-bond acceptors (Lipinski definition) is 1. The molecule has 0 saturated heterocycles. The lowest BCUT2D eigenvalue weighted by Crippen LogP contribution is -1.86. The molecular formula is C11H14N2. The van der Waals surface area contributed by atoms with Gasteiger partial charge in [0.15, 0.2) is 0 Å². The Morgan fingerprint density at radius 2 is 2.08 bits per heavy atom. The van der Waals surface area contributed by atoms with Gasteiger partial charge in [0.2, 0.25) is 0 Å². The Balaban J connectivity index is 2.73. The summed E-state index contributed by atoms with van der Waals surface area (Å²) in [5.74, 6) is 0. The molecule has 0 atom stereocenters. The highest BCUT2D eigenvalue weighted by Gasteiger charge is 2.07. The molecule has 68 valence electrons. The van der Waals surface area contributed by atoms with Crippen LogP contribution in [-0.2, 0) is 12.8 Å². The van der Waals surface area contributed by atoms with Gasteiger partial charge in [0.05, 0.1) is 11.2 Å². The molecule has 0 bridgehead atoms. The molecule has 0 unspecified atom stereocenters. The fraction of sp³-hybridized carbons (Fsp3) is 0.364. The number of aromatic nitrogens is 2. The van der Waals surface area contributed by atoms with Crippen molar-refractivity contribution in [1.82, 2.24) is 9.61 Å². The van der Waals surface area contributed by atoms with Crippen molar-refractivity contribution in [3.63, 3.8) is 0 Å². The number of fused-ring (bicyclic) bond motifs is 1. The second kappa shape index (κ2) is 3.21. The van der Waals surface area contributed by atoms with Crippen LogP contribution in [0.4, 0.5) is 0 Å². The molecule has 0 saturated carbocycles. The van der Waals surface area contributed by atoms with Crippen molar-refractivity contribution >= 4 is 5.52 Å². The molecule has 2 nitrogen and oxygen atoms in total. The van der Waals surface area contributed by atoms with Crippen LogP contribution in [-0.4, -0.2) is 9.61 Å². The molecule has 2 aromatic rings. The molecule has 0 aliphatic rings. The van der Waals surface area contributed by atoms with E-state index in [9.17, 15) is 0 Å². The lowest BCUT2D eigenvalue weighted by atomic mass is 10.1. The van der Waals surface area contributed by atoms with E-state index in [-0.39, 0.29) is 0 Å².